The fraction of sp³-hybridized carbons (Fsp3) is 0.267. The molecule has 1 aromatic heterocycles. The first-order valence-corrected chi connectivity index (χ1v) is 7.62. The molecule has 20 heavy (non-hydrogen) atoms. The molecule has 0 unspecified atom stereocenters. The number of nitrogens with one attached hydrogen (secondary N) is 1. The van der Waals surface area contributed by atoms with Gasteiger partial charge in [-0.3, -0.25) is 4.79 Å². The van der Waals surface area contributed by atoms with Crippen molar-refractivity contribution in [1.82, 2.24) is 9.97 Å². The standard InChI is InChI=1S/C15H15N3OS/c19-14(9-20-11-5-2-1-3-6-11)18-15-12-7-4-8-13(12)16-10-17-15/h1-3,5-6,10H,4,7-9H2,(H,16,17,18,19). The van der Waals surface area contributed by atoms with E-state index in [-0.39, 0.29) is 5.91 Å². The quantitative estimate of drug-likeness (QED) is 0.878. The molecule has 0 fully saturated rings. The smallest absolute Gasteiger partial charge is 0.235 e. The average molecular weight is 285 g/mol. The van der Waals surface area contributed by atoms with Crippen molar-refractivity contribution in [2.24, 2.45) is 0 Å². The number of rotatable bonds is 4. The maximum Gasteiger partial charge on any atom is 0.235 e. The van der Waals surface area contributed by atoms with Gasteiger partial charge in [0.15, 0.2) is 0 Å². The molecule has 1 heterocycles. The number of hydrogen-bond acceptors (Lipinski definition) is 4. The second-order valence-corrected chi connectivity index (χ2v) is 5.70. The molecule has 1 N–H and O–H groups in total. The number of nitrogens with zero attached hydrogens (tertiary/aromatic N) is 2. The van der Waals surface area contributed by atoms with Gasteiger partial charge in [0.2, 0.25) is 5.91 Å². The van der Waals surface area contributed by atoms with E-state index < -0.39 is 0 Å². The van der Waals surface area contributed by atoms with Crippen molar-refractivity contribution >= 4 is 23.5 Å². The van der Waals surface area contributed by atoms with Crippen LogP contribution in [0.4, 0.5) is 5.82 Å². The number of thioether (sulfide) groups is 1. The molecule has 1 aliphatic rings. The van der Waals surface area contributed by atoms with Crippen LogP contribution < -0.4 is 5.32 Å². The van der Waals surface area contributed by atoms with Crippen molar-refractivity contribution in [3.05, 3.63) is 47.9 Å². The maximum absolute atomic E-state index is 12.0. The number of anilines is 1. The summed E-state index contributed by atoms with van der Waals surface area (Å²) in [6.45, 7) is 0. The zero-order chi connectivity index (χ0) is 13.8. The second kappa shape index (κ2) is 6.05. The Morgan fingerprint density at radius 3 is 2.90 bits per heavy atom. The molecule has 1 aliphatic carbocycles. The third-order valence-electron chi connectivity index (χ3n) is 3.25. The van der Waals surface area contributed by atoms with Gasteiger partial charge in [0.25, 0.3) is 0 Å². The Bertz CT molecular complexity index is 616. The first kappa shape index (κ1) is 13.1. The lowest BCUT2D eigenvalue weighted by Crippen LogP contribution is -2.16. The van der Waals surface area contributed by atoms with Gasteiger partial charge in [0.05, 0.1) is 5.75 Å². The van der Waals surface area contributed by atoms with Gasteiger partial charge in [-0.2, -0.15) is 0 Å². The summed E-state index contributed by atoms with van der Waals surface area (Å²) in [6.07, 6.45) is 4.57. The molecule has 0 spiro atoms. The van der Waals surface area contributed by atoms with Gasteiger partial charge in [-0.15, -0.1) is 11.8 Å². The van der Waals surface area contributed by atoms with Crippen molar-refractivity contribution in [2.75, 3.05) is 11.1 Å². The van der Waals surface area contributed by atoms with Crippen molar-refractivity contribution in [3.8, 4) is 0 Å². The minimum Gasteiger partial charge on any atom is -0.310 e. The topological polar surface area (TPSA) is 54.9 Å². The van der Waals surface area contributed by atoms with Gasteiger partial charge in [-0.05, 0) is 31.4 Å². The van der Waals surface area contributed by atoms with E-state index in [1.165, 1.54) is 18.1 Å². The fourth-order valence-corrected chi connectivity index (χ4v) is 3.02. The highest BCUT2D eigenvalue weighted by atomic mass is 32.2. The van der Waals surface area contributed by atoms with Gasteiger partial charge < -0.3 is 5.32 Å². The Morgan fingerprint density at radius 1 is 1.20 bits per heavy atom. The molecule has 0 bridgehead atoms. The Morgan fingerprint density at radius 2 is 2.05 bits per heavy atom. The van der Waals surface area contributed by atoms with Gasteiger partial charge in [-0.25, -0.2) is 9.97 Å². The summed E-state index contributed by atoms with van der Waals surface area (Å²) in [6, 6.07) is 9.91. The molecule has 0 saturated carbocycles. The van der Waals surface area contributed by atoms with Crippen LogP contribution >= 0.6 is 11.8 Å². The summed E-state index contributed by atoms with van der Waals surface area (Å²) in [5.74, 6) is 1.06. The van der Waals surface area contributed by atoms with Crippen LogP contribution in [0.1, 0.15) is 17.7 Å². The molecule has 3 rings (SSSR count). The monoisotopic (exact) mass is 285 g/mol. The van der Waals surface area contributed by atoms with E-state index in [9.17, 15) is 4.79 Å². The van der Waals surface area contributed by atoms with E-state index in [4.69, 9.17) is 0 Å². The van der Waals surface area contributed by atoms with Crippen LogP contribution in [0.3, 0.4) is 0 Å². The molecule has 5 heteroatoms. The number of benzene rings is 1. The third-order valence-corrected chi connectivity index (χ3v) is 4.26. The first-order chi connectivity index (χ1) is 9.83. The number of aryl methyl sites for hydroxylation is 1. The highest BCUT2D eigenvalue weighted by Crippen LogP contribution is 2.25. The predicted molar refractivity (Wildman–Crippen MR) is 79.9 cm³/mol. The molecule has 0 radical (unpaired) electrons. The molecule has 2 aromatic rings. The third kappa shape index (κ3) is 2.99. The first-order valence-electron chi connectivity index (χ1n) is 6.63. The van der Waals surface area contributed by atoms with E-state index in [1.54, 1.807) is 0 Å². The lowest BCUT2D eigenvalue weighted by molar-refractivity contribution is -0.113. The highest BCUT2D eigenvalue weighted by molar-refractivity contribution is 8.00. The molecule has 0 aliphatic heterocycles. The van der Waals surface area contributed by atoms with E-state index in [0.717, 1.165) is 35.4 Å². The van der Waals surface area contributed by atoms with E-state index in [2.05, 4.69) is 15.3 Å². The summed E-state index contributed by atoms with van der Waals surface area (Å²) in [5.41, 5.74) is 2.18. The van der Waals surface area contributed by atoms with E-state index in [1.807, 2.05) is 30.3 Å². The van der Waals surface area contributed by atoms with Crippen molar-refractivity contribution in [1.29, 1.82) is 0 Å². The highest BCUT2D eigenvalue weighted by Gasteiger charge is 2.18. The molecule has 1 aromatic carbocycles. The number of amides is 1. The maximum atomic E-state index is 12.0. The Balaban J connectivity index is 1.61. The van der Waals surface area contributed by atoms with Gasteiger partial charge in [0, 0.05) is 16.2 Å². The SMILES string of the molecule is O=C(CSc1ccccc1)Nc1ncnc2c1CCC2. The fourth-order valence-electron chi connectivity index (χ4n) is 2.30. The van der Waals surface area contributed by atoms with Crippen LogP contribution in [0.5, 0.6) is 0 Å². The number of carbonyl (C=O) groups excluding carboxylic acids is 1. The largest absolute Gasteiger partial charge is 0.310 e. The normalized spacial score (nSPS) is 13.0. The lowest BCUT2D eigenvalue weighted by Gasteiger charge is -2.08. The predicted octanol–water partition coefficient (Wildman–Crippen LogP) is 2.70. The van der Waals surface area contributed by atoms with Crippen molar-refractivity contribution < 1.29 is 4.79 Å². The summed E-state index contributed by atoms with van der Waals surface area (Å²) in [5, 5.41) is 2.90. The number of hydrogen-bond donors (Lipinski definition) is 1. The molecule has 4 nitrogen and oxygen atoms in total. The average Bonchev–Trinajstić information content (AvgIpc) is 2.96. The van der Waals surface area contributed by atoms with E-state index >= 15 is 0 Å². The zero-order valence-electron chi connectivity index (χ0n) is 11.0. The lowest BCUT2D eigenvalue weighted by atomic mass is 10.2. The molecular formula is C15H15N3OS. The Hall–Kier alpha value is -1.88. The zero-order valence-corrected chi connectivity index (χ0v) is 11.8. The van der Waals surface area contributed by atoms with Crippen LogP contribution in [0.25, 0.3) is 0 Å². The summed E-state index contributed by atoms with van der Waals surface area (Å²) in [4.78, 5) is 21.5. The van der Waals surface area contributed by atoms with Gasteiger partial charge in [-0.1, -0.05) is 18.2 Å². The van der Waals surface area contributed by atoms with Crippen LogP contribution in [0, 0.1) is 0 Å². The molecule has 0 saturated heterocycles. The Labute approximate surface area is 122 Å². The molecule has 0 atom stereocenters. The summed E-state index contributed by atoms with van der Waals surface area (Å²) in [7, 11) is 0. The number of carbonyl (C=O) groups is 1. The summed E-state index contributed by atoms with van der Waals surface area (Å²) < 4.78 is 0. The van der Waals surface area contributed by atoms with Crippen molar-refractivity contribution in [3.63, 3.8) is 0 Å². The van der Waals surface area contributed by atoms with E-state index in [0.29, 0.717) is 11.6 Å². The van der Waals surface area contributed by atoms with Gasteiger partial charge in [0.1, 0.15) is 12.1 Å². The van der Waals surface area contributed by atoms with Crippen molar-refractivity contribution in [2.45, 2.75) is 24.2 Å². The molecule has 102 valence electrons. The Kier molecular flexibility index (Phi) is 3.97. The minimum atomic E-state index is -0.0216. The summed E-state index contributed by atoms with van der Waals surface area (Å²) >= 11 is 1.53. The second-order valence-electron chi connectivity index (χ2n) is 4.65. The molecule has 1 amide bonds. The molecular weight excluding hydrogens is 270 g/mol. The number of fused-ring (bicyclic) bond motifs is 1. The van der Waals surface area contributed by atoms with Crippen LogP contribution in [0.2, 0.25) is 0 Å². The van der Waals surface area contributed by atoms with Gasteiger partial charge >= 0.3 is 0 Å². The van der Waals surface area contributed by atoms with Crippen LogP contribution in [-0.4, -0.2) is 21.6 Å². The number of aromatic nitrogens is 2. The van der Waals surface area contributed by atoms with Crippen LogP contribution in [-0.2, 0) is 17.6 Å². The minimum absolute atomic E-state index is 0.0216. The van der Waals surface area contributed by atoms with Crippen LogP contribution in [0.15, 0.2) is 41.6 Å².